The van der Waals surface area contributed by atoms with E-state index >= 15 is 0 Å². The Morgan fingerprint density at radius 1 is 1.21 bits per heavy atom. The Labute approximate surface area is 164 Å². The molecule has 2 aliphatic rings. The molecule has 1 unspecified atom stereocenters. The van der Waals surface area contributed by atoms with Gasteiger partial charge in [-0.2, -0.15) is 0 Å². The number of rotatable bonds is 2. The molecule has 6 heteroatoms. The zero-order chi connectivity index (χ0) is 19.1. The van der Waals surface area contributed by atoms with Crippen molar-refractivity contribution < 1.29 is 9.84 Å². The molecule has 2 aromatic heterocycles. The highest BCUT2D eigenvalue weighted by atomic mass is 16.6. The van der Waals surface area contributed by atoms with E-state index in [1.54, 1.807) is 6.20 Å². The molecule has 0 saturated carbocycles. The van der Waals surface area contributed by atoms with Crippen LogP contribution in [0, 0.1) is 6.92 Å². The average molecular weight is 376 g/mol. The van der Waals surface area contributed by atoms with Gasteiger partial charge >= 0.3 is 0 Å². The summed E-state index contributed by atoms with van der Waals surface area (Å²) in [7, 11) is 0. The van der Waals surface area contributed by atoms with Crippen LogP contribution in [0.1, 0.15) is 23.2 Å². The quantitative estimate of drug-likeness (QED) is 0.720. The Bertz CT molecular complexity index is 1050. The molecule has 0 spiro atoms. The van der Waals surface area contributed by atoms with E-state index in [4.69, 9.17) is 4.74 Å². The molecular weight excluding hydrogens is 352 g/mol. The molecule has 0 bridgehead atoms. The number of benzene rings is 1. The second kappa shape index (κ2) is 6.96. The normalized spacial score (nSPS) is 19.7. The highest BCUT2D eigenvalue weighted by molar-refractivity contribution is 5.88. The third-order valence-corrected chi connectivity index (χ3v) is 5.57. The number of hydrogen-bond acceptors (Lipinski definition) is 5. The summed E-state index contributed by atoms with van der Waals surface area (Å²) in [4.78, 5) is 6.71. The van der Waals surface area contributed by atoms with E-state index in [-0.39, 0.29) is 0 Å². The van der Waals surface area contributed by atoms with Crippen molar-refractivity contribution in [3.8, 4) is 5.75 Å². The number of anilines is 1. The summed E-state index contributed by atoms with van der Waals surface area (Å²) >= 11 is 0. The molecule has 5 rings (SSSR count). The zero-order valence-electron chi connectivity index (χ0n) is 15.9. The fraction of sp³-hybridized carbons (Fsp3) is 0.318. The topological polar surface area (TPSA) is 62.0 Å². The lowest BCUT2D eigenvalue weighted by atomic mass is 10.0. The molecule has 1 aromatic carbocycles. The number of nitrogens with one attached hydrogen (secondary N) is 1. The Morgan fingerprint density at radius 3 is 3.04 bits per heavy atom. The largest absolute Gasteiger partial charge is 0.460 e. The van der Waals surface area contributed by atoms with Crippen molar-refractivity contribution in [3.05, 3.63) is 59.7 Å². The molecule has 0 amide bonds. The van der Waals surface area contributed by atoms with Crippen molar-refractivity contribution >= 4 is 22.9 Å². The van der Waals surface area contributed by atoms with Crippen molar-refractivity contribution in [2.45, 2.75) is 19.6 Å². The fourth-order valence-corrected chi connectivity index (χ4v) is 4.03. The molecule has 2 N–H and O–H groups in total. The first kappa shape index (κ1) is 17.3. The molecule has 2 aliphatic heterocycles. The minimum Gasteiger partial charge on any atom is -0.460 e. The number of aromatic nitrogens is 2. The van der Waals surface area contributed by atoms with Crippen molar-refractivity contribution in [1.29, 1.82) is 0 Å². The van der Waals surface area contributed by atoms with Crippen molar-refractivity contribution in [3.63, 3.8) is 0 Å². The van der Waals surface area contributed by atoms with Gasteiger partial charge in [0.05, 0.1) is 11.2 Å². The van der Waals surface area contributed by atoms with Gasteiger partial charge in [0.1, 0.15) is 5.75 Å². The summed E-state index contributed by atoms with van der Waals surface area (Å²) in [6.07, 6.45) is 7.86. The molecule has 1 fully saturated rings. The van der Waals surface area contributed by atoms with Crippen LogP contribution in [0.3, 0.4) is 0 Å². The lowest BCUT2D eigenvalue weighted by molar-refractivity contribution is 0.0320. The van der Waals surface area contributed by atoms with E-state index in [9.17, 15) is 5.11 Å². The van der Waals surface area contributed by atoms with Gasteiger partial charge in [-0.25, -0.2) is 0 Å². The molecule has 6 nitrogen and oxygen atoms in total. The van der Waals surface area contributed by atoms with Crippen molar-refractivity contribution in [2.24, 2.45) is 0 Å². The first-order valence-corrected chi connectivity index (χ1v) is 9.79. The average Bonchev–Trinajstić information content (AvgIpc) is 2.95. The number of aliphatic hydroxyl groups is 1. The fourth-order valence-electron chi connectivity index (χ4n) is 4.03. The summed E-state index contributed by atoms with van der Waals surface area (Å²) in [6, 6.07) is 8.31. The molecule has 3 aromatic rings. The van der Waals surface area contributed by atoms with Gasteiger partial charge in [0.25, 0.3) is 0 Å². The van der Waals surface area contributed by atoms with Crippen LogP contribution >= 0.6 is 0 Å². The lowest BCUT2D eigenvalue weighted by Gasteiger charge is -2.27. The standard InChI is InChI=1S/C22H24N4O2/c1-15-20-12-17(14-26(20)10-7-24-15)19-11-16-3-4-18(13-21(16)28-22(19)27)25-8-2-5-23-6-9-25/h3-4,7,10-14,22-23,27H,2,5-6,8-9H2,1H3. The third-order valence-electron chi connectivity index (χ3n) is 5.57. The predicted octanol–water partition coefficient (Wildman–Crippen LogP) is 2.69. The predicted molar refractivity (Wildman–Crippen MR) is 111 cm³/mol. The van der Waals surface area contributed by atoms with Gasteiger partial charge < -0.3 is 24.5 Å². The van der Waals surface area contributed by atoms with Crippen molar-refractivity contribution in [2.75, 3.05) is 31.1 Å². The van der Waals surface area contributed by atoms with Crippen LogP contribution in [-0.4, -0.2) is 47.0 Å². The number of aryl methyl sites for hydroxylation is 1. The second-order valence-electron chi connectivity index (χ2n) is 7.42. The number of aliphatic hydroxyl groups excluding tert-OH is 1. The van der Waals surface area contributed by atoms with Crippen LogP contribution in [0.5, 0.6) is 5.75 Å². The Kier molecular flexibility index (Phi) is 4.30. The maximum atomic E-state index is 10.7. The summed E-state index contributed by atoms with van der Waals surface area (Å²) in [5.74, 6) is 0.729. The molecule has 1 saturated heterocycles. The van der Waals surface area contributed by atoms with Crippen LogP contribution in [0.4, 0.5) is 5.69 Å². The lowest BCUT2D eigenvalue weighted by Crippen LogP contribution is -2.28. The third kappa shape index (κ3) is 3.04. The van der Waals surface area contributed by atoms with Crippen LogP contribution in [0.2, 0.25) is 0 Å². The first-order valence-electron chi connectivity index (χ1n) is 9.79. The van der Waals surface area contributed by atoms with Gasteiger partial charge in [0, 0.05) is 66.7 Å². The SMILES string of the molecule is Cc1nccn2cc(C3=Cc4ccc(N5CCCNCC5)cc4OC3O)cc12. The van der Waals surface area contributed by atoms with Gasteiger partial charge in [-0.1, -0.05) is 0 Å². The van der Waals surface area contributed by atoms with E-state index in [0.29, 0.717) is 0 Å². The Hall–Kier alpha value is -2.83. The molecule has 0 aliphatic carbocycles. The monoisotopic (exact) mass is 376 g/mol. The van der Waals surface area contributed by atoms with Gasteiger partial charge in [0.2, 0.25) is 6.29 Å². The Balaban J connectivity index is 1.50. The summed E-state index contributed by atoms with van der Waals surface area (Å²) < 4.78 is 7.93. The molecule has 28 heavy (non-hydrogen) atoms. The summed E-state index contributed by atoms with van der Waals surface area (Å²) in [5, 5.41) is 14.1. The van der Waals surface area contributed by atoms with Crippen LogP contribution in [-0.2, 0) is 0 Å². The molecule has 4 heterocycles. The van der Waals surface area contributed by atoms with Crippen LogP contribution in [0.15, 0.2) is 42.9 Å². The van der Waals surface area contributed by atoms with Gasteiger partial charge in [-0.15, -0.1) is 0 Å². The van der Waals surface area contributed by atoms with Crippen LogP contribution in [0.25, 0.3) is 17.2 Å². The van der Waals surface area contributed by atoms with E-state index in [2.05, 4.69) is 27.3 Å². The maximum absolute atomic E-state index is 10.7. The molecule has 144 valence electrons. The van der Waals surface area contributed by atoms with Gasteiger partial charge in [-0.3, -0.25) is 4.98 Å². The molecular formula is C22H24N4O2. The maximum Gasteiger partial charge on any atom is 0.224 e. The smallest absolute Gasteiger partial charge is 0.224 e. The highest BCUT2D eigenvalue weighted by Crippen LogP contribution is 2.36. The summed E-state index contributed by atoms with van der Waals surface area (Å²) in [6.45, 7) is 6.04. The van der Waals surface area contributed by atoms with Gasteiger partial charge in [0.15, 0.2) is 0 Å². The minimum absolute atomic E-state index is 0.729. The van der Waals surface area contributed by atoms with E-state index in [1.807, 2.05) is 41.9 Å². The summed E-state index contributed by atoms with van der Waals surface area (Å²) in [5.41, 5.74) is 5.82. The second-order valence-corrected chi connectivity index (χ2v) is 7.42. The van der Waals surface area contributed by atoms with E-state index in [0.717, 1.165) is 71.9 Å². The van der Waals surface area contributed by atoms with Crippen molar-refractivity contribution in [1.82, 2.24) is 14.7 Å². The van der Waals surface area contributed by atoms with E-state index < -0.39 is 6.29 Å². The highest BCUT2D eigenvalue weighted by Gasteiger charge is 2.24. The minimum atomic E-state index is -0.987. The van der Waals surface area contributed by atoms with Gasteiger partial charge in [-0.05, 0) is 44.2 Å². The van der Waals surface area contributed by atoms with E-state index in [1.165, 1.54) is 0 Å². The number of nitrogens with zero attached hydrogens (tertiary/aromatic N) is 3. The number of fused-ring (bicyclic) bond motifs is 2. The zero-order valence-corrected chi connectivity index (χ0v) is 15.9. The molecule has 0 radical (unpaired) electrons. The number of ether oxygens (including phenoxy) is 1. The Morgan fingerprint density at radius 2 is 2.14 bits per heavy atom. The number of hydrogen-bond donors (Lipinski definition) is 2. The molecule has 1 atom stereocenters. The van der Waals surface area contributed by atoms with Crippen LogP contribution < -0.4 is 15.0 Å². The first-order chi connectivity index (χ1) is 13.7.